The minimum Gasteiger partial charge on any atom is -0.446 e. The summed E-state index contributed by atoms with van der Waals surface area (Å²) in [6.45, 7) is 4.38. The van der Waals surface area contributed by atoms with Crippen molar-refractivity contribution < 1.29 is 19.1 Å². The van der Waals surface area contributed by atoms with Crippen LogP contribution in [0.2, 0.25) is 5.02 Å². The molecule has 7 nitrogen and oxygen atoms in total. The molecule has 190 valence electrons. The van der Waals surface area contributed by atoms with Gasteiger partial charge in [0.1, 0.15) is 6.10 Å². The second kappa shape index (κ2) is 9.64. The van der Waals surface area contributed by atoms with E-state index in [1.807, 2.05) is 41.0 Å². The van der Waals surface area contributed by atoms with E-state index in [-0.39, 0.29) is 47.3 Å². The third-order valence-corrected chi connectivity index (χ3v) is 8.90. The molecule has 0 spiro atoms. The van der Waals surface area contributed by atoms with E-state index in [9.17, 15) is 14.4 Å². The maximum absolute atomic E-state index is 13.6. The molecule has 2 aliphatic carbocycles. The van der Waals surface area contributed by atoms with Crippen LogP contribution in [-0.2, 0) is 14.3 Å². The summed E-state index contributed by atoms with van der Waals surface area (Å²) >= 11 is 6.12. The smallest absolute Gasteiger partial charge is 0.410 e. The normalized spacial score (nSPS) is 26.3. The van der Waals surface area contributed by atoms with Gasteiger partial charge in [-0.2, -0.15) is 0 Å². The van der Waals surface area contributed by atoms with Gasteiger partial charge in [0.15, 0.2) is 0 Å². The van der Waals surface area contributed by atoms with E-state index >= 15 is 0 Å². The number of hydrogen-bond donors (Lipinski definition) is 0. The van der Waals surface area contributed by atoms with Crippen LogP contribution in [0.25, 0.3) is 0 Å². The first kappa shape index (κ1) is 24.4. The zero-order valence-corrected chi connectivity index (χ0v) is 21.5. The molecule has 2 atom stereocenters. The Labute approximate surface area is 212 Å². The zero-order chi connectivity index (χ0) is 24.7. The summed E-state index contributed by atoms with van der Waals surface area (Å²) in [7, 11) is 1.78. The molecule has 1 aromatic rings. The molecule has 0 aromatic heterocycles. The second-order valence-electron chi connectivity index (χ2n) is 11.1. The number of ether oxygens (including phenoxy) is 1. The molecule has 0 radical (unpaired) electrons. The topological polar surface area (TPSA) is 70.2 Å². The van der Waals surface area contributed by atoms with Crippen LogP contribution in [-0.4, -0.2) is 78.0 Å². The van der Waals surface area contributed by atoms with Crippen molar-refractivity contribution in [1.29, 1.82) is 0 Å². The van der Waals surface area contributed by atoms with E-state index in [2.05, 4.69) is 0 Å². The maximum Gasteiger partial charge on any atom is 0.410 e. The first-order valence-corrected chi connectivity index (χ1v) is 13.4. The van der Waals surface area contributed by atoms with E-state index in [0.29, 0.717) is 44.0 Å². The standard InChI is InChI=1S/C27H36ClN3O4/c1-27(12-13-27)25(33)30-14-10-19(11-15-30)24(32)31-16-22(18-6-8-20(28)9-7-18)23(17-31)29(2)26(34)35-21-4-3-5-21/h6-9,19,21-23H,3-5,10-17H2,1-2H3/t22?,23-/m1/s1. The van der Waals surface area contributed by atoms with Gasteiger partial charge in [-0.3, -0.25) is 9.59 Å². The van der Waals surface area contributed by atoms with Crippen molar-refractivity contribution in [2.45, 2.75) is 69.9 Å². The van der Waals surface area contributed by atoms with Crippen molar-refractivity contribution in [1.82, 2.24) is 14.7 Å². The summed E-state index contributed by atoms with van der Waals surface area (Å²) in [5, 5.41) is 0.662. The number of carbonyl (C=O) groups excluding carboxylic acids is 3. The highest BCUT2D eigenvalue weighted by atomic mass is 35.5. The van der Waals surface area contributed by atoms with E-state index in [1.165, 1.54) is 0 Å². The van der Waals surface area contributed by atoms with Crippen molar-refractivity contribution in [2.75, 3.05) is 33.2 Å². The fraction of sp³-hybridized carbons (Fsp3) is 0.667. The molecule has 0 bridgehead atoms. The van der Waals surface area contributed by atoms with Crippen LogP contribution >= 0.6 is 11.6 Å². The first-order valence-electron chi connectivity index (χ1n) is 13.0. The lowest BCUT2D eigenvalue weighted by Gasteiger charge is -2.35. The van der Waals surface area contributed by atoms with Gasteiger partial charge in [-0.15, -0.1) is 0 Å². The van der Waals surface area contributed by atoms with E-state index in [1.54, 1.807) is 11.9 Å². The van der Waals surface area contributed by atoms with E-state index in [0.717, 1.165) is 37.7 Å². The molecule has 2 heterocycles. The Hall–Kier alpha value is -2.28. The second-order valence-corrected chi connectivity index (χ2v) is 11.6. The minimum atomic E-state index is -0.312. The largest absolute Gasteiger partial charge is 0.446 e. The van der Waals surface area contributed by atoms with Crippen molar-refractivity contribution in [2.24, 2.45) is 11.3 Å². The summed E-state index contributed by atoms with van der Waals surface area (Å²) in [4.78, 5) is 44.7. The van der Waals surface area contributed by atoms with Crippen LogP contribution < -0.4 is 0 Å². The lowest BCUT2D eigenvalue weighted by Crippen LogP contribution is -2.47. The molecule has 2 saturated carbocycles. The molecule has 0 N–H and O–H groups in total. The lowest BCUT2D eigenvalue weighted by atomic mass is 9.93. The van der Waals surface area contributed by atoms with Crippen LogP contribution in [0.15, 0.2) is 24.3 Å². The molecule has 35 heavy (non-hydrogen) atoms. The number of benzene rings is 1. The van der Waals surface area contributed by atoms with Crippen molar-refractivity contribution in [3.8, 4) is 0 Å². The molecule has 2 aliphatic heterocycles. The summed E-state index contributed by atoms with van der Waals surface area (Å²) in [6.07, 6.45) is 6.01. The molecule has 1 aromatic carbocycles. The minimum absolute atomic E-state index is 0.00774. The van der Waals surface area contributed by atoms with Crippen LogP contribution in [0.4, 0.5) is 4.79 Å². The van der Waals surface area contributed by atoms with Crippen LogP contribution in [0.1, 0.15) is 63.4 Å². The molecule has 4 aliphatic rings. The summed E-state index contributed by atoms with van der Waals surface area (Å²) < 4.78 is 5.67. The van der Waals surface area contributed by atoms with Gasteiger partial charge < -0.3 is 19.4 Å². The average molecular weight is 502 g/mol. The number of nitrogens with zero attached hydrogens (tertiary/aromatic N) is 3. The highest BCUT2D eigenvalue weighted by Gasteiger charge is 2.48. The van der Waals surface area contributed by atoms with Gasteiger partial charge in [-0.05, 0) is 62.6 Å². The number of rotatable bonds is 5. The molecule has 3 amide bonds. The van der Waals surface area contributed by atoms with Gasteiger partial charge in [0.25, 0.3) is 0 Å². The fourth-order valence-electron chi connectivity index (χ4n) is 5.62. The van der Waals surface area contributed by atoms with E-state index in [4.69, 9.17) is 16.3 Å². The highest BCUT2D eigenvalue weighted by molar-refractivity contribution is 6.30. The molecule has 1 unspecified atom stereocenters. The Morgan fingerprint density at radius 2 is 1.66 bits per heavy atom. The summed E-state index contributed by atoms with van der Waals surface area (Å²) in [6, 6.07) is 7.53. The summed E-state index contributed by atoms with van der Waals surface area (Å²) in [5.41, 5.74) is 0.903. The Bertz CT molecular complexity index is 967. The zero-order valence-electron chi connectivity index (χ0n) is 20.7. The quantitative estimate of drug-likeness (QED) is 0.603. The van der Waals surface area contributed by atoms with Crippen LogP contribution in [0.3, 0.4) is 0 Å². The molecule has 5 rings (SSSR count). The van der Waals surface area contributed by atoms with Crippen molar-refractivity contribution in [3.05, 3.63) is 34.9 Å². The van der Waals surface area contributed by atoms with Gasteiger partial charge in [0.05, 0.1) is 6.04 Å². The number of carbonyl (C=O) groups is 3. The third-order valence-electron chi connectivity index (χ3n) is 8.65. The van der Waals surface area contributed by atoms with Gasteiger partial charge in [-0.25, -0.2) is 4.79 Å². The molecular formula is C27H36ClN3O4. The number of likely N-dealkylation sites (tertiary alicyclic amines) is 2. The monoisotopic (exact) mass is 501 g/mol. The highest BCUT2D eigenvalue weighted by Crippen LogP contribution is 2.47. The first-order chi connectivity index (χ1) is 16.7. The lowest BCUT2D eigenvalue weighted by molar-refractivity contribution is -0.142. The summed E-state index contributed by atoms with van der Waals surface area (Å²) in [5.74, 6) is 0.297. The third kappa shape index (κ3) is 5.02. The predicted octanol–water partition coefficient (Wildman–Crippen LogP) is 4.29. The predicted molar refractivity (Wildman–Crippen MR) is 133 cm³/mol. The number of halogens is 1. The average Bonchev–Trinajstić information content (AvgIpc) is 3.44. The fourth-order valence-corrected chi connectivity index (χ4v) is 5.74. The maximum atomic E-state index is 13.6. The van der Waals surface area contributed by atoms with Gasteiger partial charge in [-0.1, -0.05) is 30.7 Å². The Morgan fingerprint density at radius 1 is 1.00 bits per heavy atom. The number of likely N-dealkylation sites (N-methyl/N-ethyl adjacent to an activating group) is 1. The van der Waals surface area contributed by atoms with Crippen molar-refractivity contribution in [3.63, 3.8) is 0 Å². The van der Waals surface area contributed by atoms with E-state index < -0.39 is 0 Å². The Kier molecular flexibility index (Phi) is 6.73. The van der Waals surface area contributed by atoms with Gasteiger partial charge in [0, 0.05) is 55.5 Å². The molecule has 8 heteroatoms. The van der Waals surface area contributed by atoms with Crippen LogP contribution in [0, 0.1) is 11.3 Å². The molecule has 4 fully saturated rings. The number of hydrogen-bond acceptors (Lipinski definition) is 4. The van der Waals surface area contributed by atoms with Gasteiger partial charge >= 0.3 is 6.09 Å². The number of amides is 3. The van der Waals surface area contributed by atoms with Crippen LogP contribution in [0.5, 0.6) is 0 Å². The Balaban J connectivity index is 1.25. The SMILES string of the molecule is CN(C(=O)OC1CCC1)[C@@H]1CN(C(=O)C2CCN(C(=O)C3(C)CC3)CC2)CC1c1ccc(Cl)cc1. The molecular weight excluding hydrogens is 466 g/mol. The Morgan fingerprint density at radius 3 is 2.23 bits per heavy atom. The number of piperidine rings is 1. The van der Waals surface area contributed by atoms with Crippen molar-refractivity contribution >= 4 is 29.5 Å². The van der Waals surface area contributed by atoms with Gasteiger partial charge in [0.2, 0.25) is 11.8 Å². The molecule has 2 saturated heterocycles.